The van der Waals surface area contributed by atoms with E-state index in [1.165, 1.54) is 6.07 Å². The van der Waals surface area contributed by atoms with Gasteiger partial charge in [-0.1, -0.05) is 24.6 Å². The van der Waals surface area contributed by atoms with Crippen molar-refractivity contribution in [2.24, 2.45) is 0 Å². The Hall–Kier alpha value is -1.20. The summed E-state index contributed by atoms with van der Waals surface area (Å²) in [6, 6.07) is 5.19. The second-order valence-electron chi connectivity index (χ2n) is 5.43. The molecule has 0 bridgehead atoms. The number of aromatic nitrogens is 2. The third kappa shape index (κ3) is 3.35. The molecule has 0 aliphatic heterocycles. The fourth-order valence-corrected chi connectivity index (χ4v) is 2.98. The van der Waals surface area contributed by atoms with Crippen molar-refractivity contribution >= 4 is 15.9 Å². The van der Waals surface area contributed by atoms with Crippen LogP contribution in [-0.4, -0.2) is 16.3 Å². The van der Waals surface area contributed by atoms with Gasteiger partial charge in [-0.15, -0.1) is 0 Å². The fourth-order valence-electron chi connectivity index (χ4n) is 2.47. The van der Waals surface area contributed by atoms with Crippen molar-refractivity contribution in [3.63, 3.8) is 0 Å². The van der Waals surface area contributed by atoms with E-state index in [0.717, 1.165) is 22.3 Å². The Morgan fingerprint density at radius 3 is 2.71 bits per heavy atom. The molecule has 5 heteroatoms. The van der Waals surface area contributed by atoms with Crippen molar-refractivity contribution in [2.45, 2.75) is 39.8 Å². The van der Waals surface area contributed by atoms with Crippen LogP contribution in [0.15, 0.2) is 28.9 Å². The monoisotopic (exact) mass is 353 g/mol. The quantitative estimate of drug-likeness (QED) is 0.864. The van der Waals surface area contributed by atoms with Crippen molar-refractivity contribution in [3.05, 3.63) is 51.5 Å². The molecule has 2 aromatic rings. The first-order chi connectivity index (χ1) is 9.95. The van der Waals surface area contributed by atoms with Crippen LogP contribution in [0.5, 0.6) is 0 Å². The predicted octanol–water partition coefficient (Wildman–Crippen LogP) is 4.37. The van der Waals surface area contributed by atoms with Gasteiger partial charge in [-0.05, 0) is 49.3 Å². The lowest BCUT2D eigenvalue weighted by Crippen LogP contribution is -2.26. The maximum absolute atomic E-state index is 14.3. The third-order valence-electron chi connectivity index (χ3n) is 3.42. The molecule has 0 spiro atoms. The molecule has 0 aliphatic rings. The van der Waals surface area contributed by atoms with Crippen molar-refractivity contribution in [2.75, 3.05) is 6.54 Å². The average Bonchev–Trinajstić information content (AvgIpc) is 2.81. The van der Waals surface area contributed by atoms with Crippen molar-refractivity contribution in [1.82, 2.24) is 15.1 Å². The van der Waals surface area contributed by atoms with Crippen molar-refractivity contribution in [3.8, 4) is 0 Å². The van der Waals surface area contributed by atoms with Gasteiger partial charge in [0.2, 0.25) is 0 Å². The molecule has 3 nitrogen and oxygen atoms in total. The normalized spacial score (nSPS) is 12.9. The van der Waals surface area contributed by atoms with Crippen LogP contribution in [0.3, 0.4) is 0 Å². The summed E-state index contributed by atoms with van der Waals surface area (Å²) in [5.74, 6) is -0.199. The lowest BCUT2D eigenvalue weighted by Gasteiger charge is -2.23. The molecule has 1 aromatic heterocycles. The van der Waals surface area contributed by atoms with Gasteiger partial charge in [-0.2, -0.15) is 5.10 Å². The maximum atomic E-state index is 14.3. The molecule has 0 saturated heterocycles. The SMILES string of the molecule is CCNC(c1cc(C)ccc1F)c1c(Br)cnn1C(C)C. The Bertz CT molecular complexity index is 622. The molecule has 0 saturated carbocycles. The van der Waals surface area contributed by atoms with Crippen LogP contribution in [0.1, 0.15) is 49.7 Å². The maximum Gasteiger partial charge on any atom is 0.128 e. The van der Waals surface area contributed by atoms with Gasteiger partial charge in [0.25, 0.3) is 0 Å². The number of aryl methyl sites for hydroxylation is 1. The van der Waals surface area contributed by atoms with E-state index >= 15 is 0 Å². The van der Waals surface area contributed by atoms with Crippen LogP contribution in [0.2, 0.25) is 0 Å². The van der Waals surface area contributed by atoms with Crippen LogP contribution < -0.4 is 5.32 Å². The van der Waals surface area contributed by atoms with Crippen molar-refractivity contribution < 1.29 is 4.39 Å². The zero-order chi connectivity index (χ0) is 15.6. The number of benzene rings is 1. The third-order valence-corrected chi connectivity index (χ3v) is 4.03. The molecule has 1 aromatic carbocycles. The Balaban J connectivity index is 2.59. The minimum absolute atomic E-state index is 0.199. The Labute approximate surface area is 133 Å². The highest BCUT2D eigenvalue weighted by molar-refractivity contribution is 9.10. The van der Waals surface area contributed by atoms with Gasteiger partial charge >= 0.3 is 0 Å². The zero-order valence-electron chi connectivity index (χ0n) is 12.8. The van der Waals surface area contributed by atoms with E-state index < -0.39 is 0 Å². The van der Waals surface area contributed by atoms with Gasteiger partial charge in [0.05, 0.1) is 22.4 Å². The molecule has 2 rings (SSSR count). The summed E-state index contributed by atoms with van der Waals surface area (Å²) in [6.07, 6.45) is 1.77. The number of nitrogens with one attached hydrogen (secondary N) is 1. The number of hydrogen-bond donors (Lipinski definition) is 1. The molecule has 0 radical (unpaired) electrons. The number of rotatable bonds is 5. The fraction of sp³-hybridized carbons (Fsp3) is 0.438. The van der Waals surface area contributed by atoms with Crippen LogP contribution >= 0.6 is 15.9 Å². The molecule has 1 heterocycles. The highest BCUT2D eigenvalue weighted by Gasteiger charge is 2.24. The van der Waals surface area contributed by atoms with E-state index in [1.807, 2.05) is 24.6 Å². The molecule has 1 unspecified atom stereocenters. The largest absolute Gasteiger partial charge is 0.305 e. The van der Waals surface area contributed by atoms with E-state index in [0.29, 0.717) is 5.56 Å². The van der Waals surface area contributed by atoms with Crippen LogP contribution in [0.25, 0.3) is 0 Å². The van der Waals surface area contributed by atoms with Crippen LogP contribution in [0.4, 0.5) is 4.39 Å². The highest BCUT2D eigenvalue weighted by Crippen LogP contribution is 2.32. The van der Waals surface area contributed by atoms with Gasteiger partial charge in [-0.25, -0.2) is 4.39 Å². The van der Waals surface area contributed by atoms with E-state index in [2.05, 4.69) is 40.2 Å². The minimum Gasteiger partial charge on any atom is -0.305 e. The topological polar surface area (TPSA) is 29.9 Å². The summed E-state index contributed by atoms with van der Waals surface area (Å²) in [5.41, 5.74) is 2.65. The first-order valence-corrected chi connectivity index (χ1v) is 7.97. The lowest BCUT2D eigenvalue weighted by molar-refractivity contribution is 0.466. The molecule has 1 atom stereocenters. The number of halogens is 2. The van der Waals surface area contributed by atoms with E-state index in [-0.39, 0.29) is 17.9 Å². The lowest BCUT2D eigenvalue weighted by atomic mass is 10.0. The van der Waals surface area contributed by atoms with E-state index in [4.69, 9.17) is 0 Å². The van der Waals surface area contributed by atoms with Crippen LogP contribution in [0, 0.1) is 12.7 Å². The Kier molecular flexibility index (Phi) is 5.17. The predicted molar refractivity (Wildman–Crippen MR) is 87.0 cm³/mol. The summed E-state index contributed by atoms with van der Waals surface area (Å²) in [7, 11) is 0. The number of hydrogen-bond acceptors (Lipinski definition) is 2. The first-order valence-electron chi connectivity index (χ1n) is 7.18. The van der Waals surface area contributed by atoms with Crippen molar-refractivity contribution in [1.29, 1.82) is 0 Å². The van der Waals surface area contributed by atoms with Gasteiger partial charge in [0.1, 0.15) is 5.82 Å². The summed E-state index contributed by atoms with van der Waals surface area (Å²) in [6.45, 7) is 8.87. The summed E-state index contributed by atoms with van der Waals surface area (Å²) >= 11 is 3.55. The minimum atomic E-state index is -0.228. The molecule has 0 aliphatic carbocycles. The first kappa shape index (κ1) is 16.2. The molecule has 114 valence electrons. The standard InChI is InChI=1S/C16H21BrFN3/c1-5-19-15(12-8-11(4)6-7-14(12)18)16-13(17)9-20-21(16)10(2)3/h6-10,15,19H,5H2,1-4H3. The van der Waals surface area contributed by atoms with Gasteiger partial charge in [-0.3, -0.25) is 4.68 Å². The summed E-state index contributed by atoms with van der Waals surface area (Å²) < 4.78 is 17.1. The smallest absolute Gasteiger partial charge is 0.128 e. The molecule has 21 heavy (non-hydrogen) atoms. The Morgan fingerprint density at radius 2 is 2.10 bits per heavy atom. The Morgan fingerprint density at radius 1 is 1.38 bits per heavy atom. The second-order valence-corrected chi connectivity index (χ2v) is 6.29. The highest BCUT2D eigenvalue weighted by atomic mass is 79.9. The van der Waals surface area contributed by atoms with Gasteiger partial charge in [0, 0.05) is 11.6 Å². The molecule has 0 amide bonds. The molecular formula is C16H21BrFN3. The van der Waals surface area contributed by atoms with E-state index in [9.17, 15) is 4.39 Å². The van der Waals surface area contributed by atoms with Gasteiger partial charge < -0.3 is 5.32 Å². The second kappa shape index (κ2) is 6.71. The molecule has 0 fully saturated rings. The van der Waals surface area contributed by atoms with Crippen LogP contribution in [-0.2, 0) is 0 Å². The number of nitrogens with zero attached hydrogens (tertiary/aromatic N) is 2. The average molecular weight is 354 g/mol. The molecule has 1 N–H and O–H groups in total. The summed E-state index contributed by atoms with van der Waals surface area (Å²) in [5, 5.41) is 7.78. The van der Waals surface area contributed by atoms with Gasteiger partial charge in [0.15, 0.2) is 0 Å². The zero-order valence-corrected chi connectivity index (χ0v) is 14.4. The summed E-state index contributed by atoms with van der Waals surface area (Å²) in [4.78, 5) is 0. The molecular weight excluding hydrogens is 333 g/mol. The van der Waals surface area contributed by atoms with E-state index in [1.54, 1.807) is 12.3 Å².